The van der Waals surface area contributed by atoms with E-state index in [0.29, 0.717) is 0 Å². The van der Waals surface area contributed by atoms with Crippen LogP contribution in [0, 0.1) is 0 Å². The number of hydroxylamine groups is 2. The number of fused-ring (bicyclic) bond motifs is 1. The van der Waals surface area contributed by atoms with Gasteiger partial charge in [0.2, 0.25) is 0 Å². The maximum Gasteiger partial charge on any atom is 0.417 e. The topological polar surface area (TPSA) is 67.3 Å². The molecule has 2 heterocycles. The molecule has 0 fully saturated rings. The molecule has 9 heteroatoms. The van der Waals surface area contributed by atoms with E-state index in [-0.39, 0.29) is 22.4 Å². The summed E-state index contributed by atoms with van der Waals surface area (Å²) in [6, 6.07) is 2.21. The lowest BCUT2D eigenvalue weighted by Gasteiger charge is -2.23. The van der Waals surface area contributed by atoms with Gasteiger partial charge in [-0.15, -0.1) is 0 Å². The molecular weight excluding hydrogens is 337 g/mol. The van der Waals surface area contributed by atoms with Crippen molar-refractivity contribution >= 4 is 22.6 Å². The molecule has 0 aliphatic carbocycles. The van der Waals surface area contributed by atoms with Gasteiger partial charge in [0, 0.05) is 24.2 Å². The SMILES string of the molecule is CON(C)C(=O)c1cc2cc(C(F)(F)F)cnc2c(NC(C)(C)C)n1. The Morgan fingerprint density at radius 2 is 1.88 bits per heavy atom. The number of hydrogen-bond donors (Lipinski definition) is 1. The standard InChI is InChI=1S/C16H19F3N4O2/c1-15(2,3)22-13-12-9(6-10(8-20-12)16(17,18)19)7-11(21-13)14(24)23(4)25-5/h6-8H,1-5H3,(H,21,22). The molecule has 0 radical (unpaired) electrons. The smallest absolute Gasteiger partial charge is 0.364 e. The number of carbonyl (C=O) groups excluding carboxylic acids is 1. The number of pyridine rings is 2. The number of aromatic nitrogens is 2. The zero-order valence-corrected chi connectivity index (χ0v) is 14.5. The number of nitrogens with zero attached hydrogens (tertiary/aromatic N) is 3. The molecule has 0 saturated carbocycles. The second-order valence-electron chi connectivity index (χ2n) is 6.51. The molecule has 0 unspecified atom stereocenters. The predicted molar refractivity (Wildman–Crippen MR) is 87.0 cm³/mol. The largest absolute Gasteiger partial charge is 0.417 e. The number of rotatable bonds is 3. The summed E-state index contributed by atoms with van der Waals surface area (Å²) in [6.45, 7) is 5.58. The molecule has 6 nitrogen and oxygen atoms in total. The number of carbonyl (C=O) groups is 1. The number of alkyl halides is 3. The van der Waals surface area contributed by atoms with Gasteiger partial charge in [0.05, 0.1) is 12.7 Å². The number of hydrogen-bond acceptors (Lipinski definition) is 5. The normalized spacial score (nSPS) is 12.3. The van der Waals surface area contributed by atoms with Crippen molar-refractivity contribution in [2.45, 2.75) is 32.5 Å². The maximum atomic E-state index is 13.0. The number of nitrogens with one attached hydrogen (secondary N) is 1. The van der Waals surface area contributed by atoms with Gasteiger partial charge in [-0.05, 0) is 32.9 Å². The zero-order chi connectivity index (χ0) is 19.0. The molecule has 2 aromatic rings. The van der Waals surface area contributed by atoms with E-state index >= 15 is 0 Å². The first kappa shape index (κ1) is 18.9. The third kappa shape index (κ3) is 4.36. The maximum absolute atomic E-state index is 13.0. The van der Waals surface area contributed by atoms with Crippen molar-refractivity contribution in [2.75, 3.05) is 19.5 Å². The van der Waals surface area contributed by atoms with Gasteiger partial charge in [0.1, 0.15) is 11.2 Å². The van der Waals surface area contributed by atoms with Crippen LogP contribution in [0.3, 0.4) is 0 Å². The Bertz CT molecular complexity index is 800. The van der Waals surface area contributed by atoms with E-state index in [9.17, 15) is 18.0 Å². The predicted octanol–water partition coefficient (Wildman–Crippen LogP) is 3.49. The lowest BCUT2D eigenvalue weighted by atomic mass is 10.1. The van der Waals surface area contributed by atoms with Gasteiger partial charge in [-0.2, -0.15) is 13.2 Å². The van der Waals surface area contributed by atoms with Gasteiger partial charge in [-0.1, -0.05) is 0 Å². The molecule has 2 rings (SSSR count). The molecule has 0 saturated heterocycles. The van der Waals surface area contributed by atoms with E-state index in [1.165, 1.54) is 20.2 Å². The van der Waals surface area contributed by atoms with Crippen LogP contribution in [0.1, 0.15) is 36.8 Å². The first-order valence-electron chi connectivity index (χ1n) is 7.41. The average molecular weight is 356 g/mol. The molecule has 0 aliphatic heterocycles. The monoisotopic (exact) mass is 356 g/mol. The van der Waals surface area contributed by atoms with Crippen LogP contribution in [0.25, 0.3) is 10.9 Å². The quantitative estimate of drug-likeness (QED) is 0.853. The first-order chi connectivity index (χ1) is 11.4. The third-order valence-corrected chi connectivity index (χ3v) is 3.27. The highest BCUT2D eigenvalue weighted by atomic mass is 19.4. The Balaban J connectivity index is 2.68. The summed E-state index contributed by atoms with van der Waals surface area (Å²) >= 11 is 0. The van der Waals surface area contributed by atoms with E-state index in [0.717, 1.165) is 17.3 Å². The van der Waals surface area contributed by atoms with Crippen molar-refractivity contribution in [3.63, 3.8) is 0 Å². The summed E-state index contributed by atoms with van der Waals surface area (Å²) < 4.78 is 38.9. The van der Waals surface area contributed by atoms with Crippen molar-refractivity contribution in [3.05, 3.63) is 29.6 Å². The highest BCUT2D eigenvalue weighted by Gasteiger charge is 2.31. The second-order valence-corrected chi connectivity index (χ2v) is 6.51. The minimum atomic E-state index is -4.53. The Labute approximate surface area is 143 Å². The van der Waals surface area contributed by atoms with Gasteiger partial charge < -0.3 is 5.32 Å². The van der Waals surface area contributed by atoms with E-state index in [4.69, 9.17) is 4.84 Å². The van der Waals surface area contributed by atoms with Crippen LogP contribution in [0.15, 0.2) is 18.3 Å². The van der Waals surface area contributed by atoms with E-state index in [1.807, 2.05) is 20.8 Å². The minimum Gasteiger partial charge on any atom is -0.364 e. The number of halogens is 3. The highest BCUT2D eigenvalue weighted by molar-refractivity contribution is 5.98. The van der Waals surface area contributed by atoms with Gasteiger partial charge in [0.25, 0.3) is 5.91 Å². The molecule has 136 valence electrons. The average Bonchev–Trinajstić information content (AvgIpc) is 2.50. The van der Waals surface area contributed by atoms with Crippen molar-refractivity contribution in [3.8, 4) is 0 Å². The minimum absolute atomic E-state index is 0.0512. The van der Waals surface area contributed by atoms with Crippen LogP contribution in [-0.2, 0) is 11.0 Å². The molecule has 0 spiro atoms. The molecule has 25 heavy (non-hydrogen) atoms. The van der Waals surface area contributed by atoms with E-state index < -0.39 is 23.2 Å². The zero-order valence-electron chi connectivity index (χ0n) is 14.5. The molecule has 1 N–H and O–H groups in total. The Hall–Kier alpha value is -2.42. The fourth-order valence-corrected chi connectivity index (χ4v) is 2.09. The van der Waals surface area contributed by atoms with Crippen molar-refractivity contribution < 1.29 is 22.8 Å². The Morgan fingerprint density at radius 3 is 2.40 bits per heavy atom. The number of amides is 1. The highest BCUT2D eigenvalue weighted by Crippen LogP contribution is 2.32. The Morgan fingerprint density at radius 1 is 1.24 bits per heavy atom. The number of anilines is 1. The molecule has 0 aromatic carbocycles. The summed E-state index contributed by atoms with van der Waals surface area (Å²) in [5.41, 5.74) is -1.13. The van der Waals surface area contributed by atoms with E-state index in [1.54, 1.807) is 0 Å². The van der Waals surface area contributed by atoms with Crippen LogP contribution >= 0.6 is 0 Å². The summed E-state index contributed by atoms with van der Waals surface area (Å²) in [5.74, 6) is -0.356. The molecular formula is C16H19F3N4O2. The second kappa shape index (κ2) is 6.47. The van der Waals surface area contributed by atoms with Crippen molar-refractivity contribution in [1.82, 2.24) is 15.0 Å². The van der Waals surface area contributed by atoms with Gasteiger partial charge >= 0.3 is 6.18 Å². The summed E-state index contributed by atoms with van der Waals surface area (Å²) in [5, 5.41) is 4.17. The van der Waals surface area contributed by atoms with Crippen LogP contribution in [0.2, 0.25) is 0 Å². The fourth-order valence-electron chi connectivity index (χ4n) is 2.09. The summed E-state index contributed by atoms with van der Waals surface area (Å²) in [4.78, 5) is 25.2. The molecule has 0 bridgehead atoms. The summed E-state index contributed by atoms with van der Waals surface area (Å²) in [7, 11) is 2.69. The van der Waals surface area contributed by atoms with Crippen LogP contribution < -0.4 is 5.32 Å². The van der Waals surface area contributed by atoms with E-state index in [2.05, 4.69) is 15.3 Å². The molecule has 2 aromatic heterocycles. The third-order valence-electron chi connectivity index (χ3n) is 3.27. The van der Waals surface area contributed by atoms with Crippen molar-refractivity contribution in [1.29, 1.82) is 0 Å². The van der Waals surface area contributed by atoms with Gasteiger partial charge in [-0.3, -0.25) is 14.6 Å². The Kier molecular flexibility index (Phi) is 4.90. The molecule has 0 aliphatic rings. The van der Waals surface area contributed by atoms with Gasteiger partial charge in [0.15, 0.2) is 5.82 Å². The summed E-state index contributed by atoms with van der Waals surface area (Å²) in [6.07, 6.45) is -3.78. The van der Waals surface area contributed by atoms with Crippen LogP contribution in [0.4, 0.5) is 19.0 Å². The van der Waals surface area contributed by atoms with Crippen molar-refractivity contribution in [2.24, 2.45) is 0 Å². The fraction of sp³-hybridized carbons (Fsp3) is 0.438. The lowest BCUT2D eigenvalue weighted by molar-refractivity contribution is -0.137. The van der Waals surface area contributed by atoms with Gasteiger partial charge in [-0.25, -0.2) is 10.0 Å². The van der Waals surface area contributed by atoms with Crippen LogP contribution in [-0.4, -0.2) is 40.6 Å². The first-order valence-corrected chi connectivity index (χ1v) is 7.41. The van der Waals surface area contributed by atoms with Crippen LogP contribution in [0.5, 0.6) is 0 Å². The molecule has 1 amide bonds. The lowest BCUT2D eigenvalue weighted by Crippen LogP contribution is -2.29. The molecule has 0 atom stereocenters.